The fourth-order valence-electron chi connectivity index (χ4n) is 1.83. The van der Waals surface area contributed by atoms with Gasteiger partial charge in [0.05, 0.1) is 5.75 Å². The molecule has 1 aliphatic rings. The van der Waals surface area contributed by atoms with Crippen molar-refractivity contribution in [3.05, 3.63) is 0 Å². The second kappa shape index (κ2) is 7.96. The molecule has 1 aliphatic heterocycles. The van der Waals surface area contributed by atoms with Crippen molar-refractivity contribution in [3.8, 4) is 0 Å². The van der Waals surface area contributed by atoms with Gasteiger partial charge in [0, 0.05) is 24.9 Å². The minimum Gasteiger partial charge on any atom is -0.342 e. The predicted molar refractivity (Wildman–Crippen MR) is 70.6 cm³/mol. The standard InChI is InChI=1S/C12H24N2OS/c1-2-11(13)9-16-10-12(15)14-7-5-3-4-6-8-14/h11H,2-10,13H2,1H3. The van der Waals surface area contributed by atoms with E-state index >= 15 is 0 Å². The molecule has 16 heavy (non-hydrogen) atoms. The van der Waals surface area contributed by atoms with Crippen molar-refractivity contribution in [1.29, 1.82) is 0 Å². The van der Waals surface area contributed by atoms with Crippen LogP contribution in [0, 0.1) is 0 Å². The third kappa shape index (κ3) is 5.21. The monoisotopic (exact) mass is 244 g/mol. The molecule has 1 fully saturated rings. The third-order valence-electron chi connectivity index (χ3n) is 3.04. The average molecular weight is 244 g/mol. The first-order valence-corrected chi connectivity index (χ1v) is 7.50. The highest BCUT2D eigenvalue weighted by Gasteiger charge is 2.15. The van der Waals surface area contributed by atoms with Gasteiger partial charge >= 0.3 is 0 Å². The number of carbonyl (C=O) groups excluding carboxylic acids is 1. The number of likely N-dealkylation sites (tertiary alicyclic amines) is 1. The van der Waals surface area contributed by atoms with E-state index in [-0.39, 0.29) is 6.04 Å². The lowest BCUT2D eigenvalue weighted by Crippen LogP contribution is -2.33. The Morgan fingerprint density at radius 2 is 1.94 bits per heavy atom. The molecule has 94 valence electrons. The molecule has 1 heterocycles. The van der Waals surface area contributed by atoms with E-state index in [0.717, 1.165) is 25.3 Å². The normalized spacial score (nSPS) is 19.2. The average Bonchev–Trinajstić information content (AvgIpc) is 2.57. The van der Waals surface area contributed by atoms with Gasteiger partial charge in [-0.2, -0.15) is 11.8 Å². The molecular weight excluding hydrogens is 220 g/mol. The third-order valence-corrected chi connectivity index (χ3v) is 4.16. The molecule has 0 bridgehead atoms. The zero-order valence-corrected chi connectivity index (χ0v) is 11.1. The first kappa shape index (κ1) is 13.8. The summed E-state index contributed by atoms with van der Waals surface area (Å²) in [6.45, 7) is 4.00. The van der Waals surface area contributed by atoms with Gasteiger partial charge in [0.15, 0.2) is 0 Å². The lowest BCUT2D eigenvalue weighted by Gasteiger charge is -2.20. The van der Waals surface area contributed by atoms with Gasteiger partial charge < -0.3 is 10.6 Å². The van der Waals surface area contributed by atoms with Crippen LogP contribution in [0.5, 0.6) is 0 Å². The predicted octanol–water partition coefficient (Wildman–Crippen LogP) is 1.86. The van der Waals surface area contributed by atoms with E-state index in [1.165, 1.54) is 25.7 Å². The summed E-state index contributed by atoms with van der Waals surface area (Å²) in [5.74, 6) is 1.80. The van der Waals surface area contributed by atoms with Crippen LogP contribution in [-0.4, -0.2) is 41.4 Å². The molecular formula is C12H24N2OS. The van der Waals surface area contributed by atoms with Gasteiger partial charge in [-0.05, 0) is 19.3 Å². The van der Waals surface area contributed by atoms with Gasteiger partial charge in [-0.3, -0.25) is 4.79 Å². The highest BCUT2D eigenvalue weighted by Crippen LogP contribution is 2.12. The van der Waals surface area contributed by atoms with Crippen LogP contribution < -0.4 is 5.73 Å². The molecule has 0 aliphatic carbocycles. The molecule has 2 N–H and O–H groups in total. The Kier molecular flexibility index (Phi) is 6.88. The highest BCUT2D eigenvalue weighted by molar-refractivity contribution is 7.99. The number of nitrogens with zero attached hydrogens (tertiary/aromatic N) is 1. The quantitative estimate of drug-likeness (QED) is 0.803. The van der Waals surface area contributed by atoms with Gasteiger partial charge in [0.1, 0.15) is 0 Å². The Morgan fingerprint density at radius 3 is 2.50 bits per heavy atom. The summed E-state index contributed by atoms with van der Waals surface area (Å²) in [6, 6.07) is 0.238. The van der Waals surface area contributed by atoms with E-state index in [9.17, 15) is 4.79 Å². The van der Waals surface area contributed by atoms with Gasteiger partial charge in [-0.25, -0.2) is 0 Å². The molecule has 0 spiro atoms. The van der Waals surface area contributed by atoms with E-state index in [1.54, 1.807) is 11.8 Å². The second-order valence-electron chi connectivity index (χ2n) is 4.48. The molecule has 1 amide bonds. The van der Waals surface area contributed by atoms with Crippen LogP contribution in [0.4, 0.5) is 0 Å². The Bertz CT molecular complexity index is 203. The fourth-order valence-corrected chi connectivity index (χ4v) is 2.84. The molecule has 0 radical (unpaired) electrons. The molecule has 0 aromatic carbocycles. The van der Waals surface area contributed by atoms with Crippen molar-refractivity contribution in [2.24, 2.45) is 5.73 Å². The fraction of sp³-hybridized carbons (Fsp3) is 0.917. The maximum atomic E-state index is 11.9. The maximum absolute atomic E-state index is 11.9. The smallest absolute Gasteiger partial charge is 0.232 e. The molecule has 0 aromatic rings. The van der Waals surface area contributed by atoms with E-state index < -0.39 is 0 Å². The van der Waals surface area contributed by atoms with Crippen LogP contribution in [0.2, 0.25) is 0 Å². The number of amides is 1. The largest absolute Gasteiger partial charge is 0.342 e. The van der Waals surface area contributed by atoms with E-state index in [4.69, 9.17) is 5.73 Å². The summed E-state index contributed by atoms with van der Waals surface area (Å²) in [4.78, 5) is 13.9. The van der Waals surface area contributed by atoms with Crippen molar-refractivity contribution in [2.75, 3.05) is 24.6 Å². The molecule has 1 saturated heterocycles. The first-order chi connectivity index (χ1) is 7.74. The van der Waals surface area contributed by atoms with E-state index in [0.29, 0.717) is 11.7 Å². The second-order valence-corrected chi connectivity index (χ2v) is 5.51. The van der Waals surface area contributed by atoms with E-state index in [2.05, 4.69) is 6.92 Å². The Hall–Kier alpha value is -0.220. The SMILES string of the molecule is CCC(N)CSCC(=O)N1CCCCCC1. The minimum atomic E-state index is 0.238. The number of nitrogens with two attached hydrogens (primary N) is 1. The minimum absolute atomic E-state index is 0.238. The van der Waals surface area contributed by atoms with Gasteiger partial charge in [0.2, 0.25) is 5.91 Å². The highest BCUT2D eigenvalue weighted by atomic mass is 32.2. The first-order valence-electron chi connectivity index (χ1n) is 6.35. The van der Waals surface area contributed by atoms with Gasteiger partial charge in [-0.1, -0.05) is 19.8 Å². The van der Waals surface area contributed by atoms with Crippen LogP contribution in [0.15, 0.2) is 0 Å². The van der Waals surface area contributed by atoms with Crippen molar-refractivity contribution >= 4 is 17.7 Å². The Morgan fingerprint density at radius 1 is 1.31 bits per heavy atom. The molecule has 1 unspecified atom stereocenters. The summed E-state index contributed by atoms with van der Waals surface area (Å²) in [6.07, 6.45) is 5.88. The molecule has 3 nitrogen and oxygen atoms in total. The Labute approximate surface area is 103 Å². The van der Waals surface area contributed by atoms with Crippen LogP contribution in [-0.2, 0) is 4.79 Å². The number of carbonyl (C=O) groups is 1. The summed E-state index contributed by atoms with van der Waals surface area (Å²) < 4.78 is 0. The van der Waals surface area contributed by atoms with Gasteiger partial charge in [-0.15, -0.1) is 0 Å². The van der Waals surface area contributed by atoms with Crippen LogP contribution >= 0.6 is 11.8 Å². The molecule has 1 rings (SSSR count). The topological polar surface area (TPSA) is 46.3 Å². The van der Waals surface area contributed by atoms with Crippen molar-refractivity contribution in [2.45, 2.75) is 45.1 Å². The van der Waals surface area contributed by atoms with Gasteiger partial charge in [0.25, 0.3) is 0 Å². The molecule has 0 aromatic heterocycles. The number of hydrogen-bond donors (Lipinski definition) is 1. The van der Waals surface area contributed by atoms with Crippen molar-refractivity contribution < 1.29 is 4.79 Å². The summed E-state index contributed by atoms with van der Waals surface area (Å²) in [7, 11) is 0. The number of thioether (sulfide) groups is 1. The Balaban J connectivity index is 2.17. The van der Waals surface area contributed by atoms with Crippen LogP contribution in [0.1, 0.15) is 39.0 Å². The summed E-state index contributed by atoms with van der Waals surface area (Å²) in [5, 5.41) is 0. The molecule has 0 saturated carbocycles. The maximum Gasteiger partial charge on any atom is 0.232 e. The van der Waals surface area contributed by atoms with Crippen LogP contribution in [0.25, 0.3) is 0 Å². The van der Waals surface area contributed by atoms with Crippen molar-refractivity contribution in [1.82, 2.24) is 4.90 Å². The molecule has 4 heteroatoms. The number of hydrogen-bond acceptors (Lipinski definition) is 3. The van der Waals surface area contributed by atoms with Crippen LogP contribution in [0.3, 0.4) is 0 Å². The van der Waals surface area contributed by atoms with Crippen molar-refractivity contribution in [3.63, 3.8) is 0 Å². The number of rotatable bonds is 5. The summed E-state index contributed by atoms with van der Waals surface area (Å²) in [5.41, 5.74) is 5.82. The lowest BCUT2D eigenvalue weighted by atomic mass is 10.2. The zero-order valence-electron chi connectivity index (χ0n) is 10.3. The molecule has 1 atom stereocenters. The summed E-state index contributed by atoms with van der Waals surface area (Å²) >= 11 is 1.68. The van der Waals surface area contributed by atoms with E-state index in [1.807, 2.05) is 4.90 Å². The zero-order chi connectivity index (χ0) is 11.8. The lowest BCUT2D eigenvalue weighted by molar-refractivity contribution is -0.128.